The molecule has 27 heavy (non-hydrogen) atoms. The van der Waals surface area contributed by atoms with Crippen molar-refractivity contribution in [1.82, 2.24) is 19.3 Å². The molecule has 0 aliphatic carbocycles. The van der Waals surface area contributed by atoms with Crippen LogP contribution in [0.4, 0.5) is 5.69 Å². The van der Waals surface area contributed by atoms with E-state index >= 15 is 0 Å². The van der Waals surface area contributed by atoms with Crippen molar-refractivity contribution in [1.29, 1.82) is 0 Å². The fourth-order valence-electron chi connectivity index (χ4n) is 2.86. The monoisotopic (exact) mass is 361 g/mol. The number of aromatic nitrogens is 4. The number of hydrogen-bond acceptors (Lipinski definition) is 5. The fraction of sp³-hybridized carbons (Fsp3) is 0.105. The number of hydrogen-bond donors (Lipinski definition) is 0. The molecule has 4 aromatic rings. The number of non-ortho nitro benzene ring substituents is 1. The SMILES string of the molecule is Cc1ccc(-n2ncc3c(=O)n(Cc4ccc([N+](=O)[O-])cc4)cnc32)cc1. The van der Waals surface area contributed by atoms with E-state index in [0.29, 0.717) is 11.0 Å². The van der Waals surface area contributed by atoms with Gasteiger partial charge in [0.05, 0.1) is 23.4 Å². The Bertz CT molecular complexity index is 1190. The molecule has 0 fully saturated rings. The zero-order valence-electron chi connectivity index (χ0n) is 14.4. The van der Waals surface area contributed by atoms with Crippen LogP contribution in [0.25, 0.3) is 16.7 Å². The predicted molar refractivity (Wildman–Crippen MR) is 100 cm³/mol. The third-order valence-electron chi connectivity index (χ3n) is 4.33. The number of fused-ring (bicyclic) bond motifs is 1. The van der Waals surface area contributed by atoms with Gasteiger partial charge in [-0.25, -0.2) is 9.67 Å². The second-order valence-corrected chi connectivity index (χ2v) is 6.23. The fourth-order valence-corrected chi connectivity index (χ4v) is 2.86. The van der Waals surface area contributed by atoms with Crippen LogP contribution in [0.3, 0.4) is 0 Å². The summed E-state index contributed by atoms with van der Waals surface area (Å²) < 4.78 is 3.09. The van der Waals surface area contributed by atoms with E-state index in [9.17, 15) is 14.9 Å². The van der Waals surface area contributed by atoms with Crippen molar-refractivity contribution in [2.75, 3.05) is 0 Å². The zero-order chi connectivity index (χ0) is 19.0. The molecular formula is C19H15N5O3. The molecule has 0 unspecified atom stereocenters. The molecular weight excluding hydrogens is 346 g/mol. The van der Waals surface area contributed by atoms with Crippen molar-refractivity contribution in [3.8, 4) is 5.69 Å². The first kappa shape index (κ1) is 16.6. The summed E-state index contributed by atoms with van der Waals surface area (Å²) in [5.74, 6) is 0. The van der Waals surface area contributed by atoms with Crippen LogP contribution in [-0.4, -0.2) is 24.3 Å². The highest BCUT2D eigenvalue weighted by atomic mass is 16.6. The van der Waals surface area contributed by atoms with E-state index in [1.54, 1.807) is 16.8 Å². The molecule has 2 aromatic heterocycles. The van der Waals surface area contributed by atoms with Crippen molar-refractivity contribution >= 4 is 16.7 Å². The molecule has 8 heteroatoms. The lowest BCUT2D eigenvalue weighted by Crippen LogP contribution is -2.21. The van der Waals surface area contributed by atoms with Crippen LogP contribution in [0.5, 0.6) is 0 Å². The Hall–Kier alpha value is -3.81. The molecule has 4 rings (SSSR count). The minimum absolute atomic E-state index is 0.0130. The molecule has 0 N–H and O–H groups in total. The number of nitro benzene ring substituents is 1. The smallest absolute Gasteiger partial charge is 0.269 e. The Labute approximate surface area is 153 Å². The highest BCUT2D eigenvalue weighted by Gasteiger charge is 2.12. The molecule has 2 heterocycles. The summed E-state index contributed by atoms with van der Waals surface area (Å²) in [4.78, 5) is 27.5. The van der Waals surface area contributed by atoms with Crippen molar-refractivity contribution in [2.45, 2.75) is 13.5 Å². The molecule has 0 atom stereocenters. The van der Waals surface area contributed by atoms with Crippen molar-refractivity contribution < 1.29 is 4.92 Å². The highest BCUT2D eigenvalue weighted by molar-refractivity contribution is 5.74. The summed E-state index contributed by atoms with van der Waals surface area (Å²) in [7, 11) is 0. The average molecular weight is 361 g/mol. The minimum atomic E-state index is -0.455. The lowest BCUT2D eigenvalue weighted by atomic mass is 10.2. The Morgan fingerprint density at radius 1 is 1.07 bits per heavy atom. The van der Waals surface area contributed by atoms with Crippen LogP contribution in [0, 0.1) is 17.0 Å². The topological polar surface area (TPSA) is 95.8 Å². The molecule has 0 saturated heterocycles. The second kappa shape index (κ2) is 6.49. The van der Waals surface area contributed by atoms with Crippen LogP contribution in [0.2, 0.25) is 0 Å². The van der Waals surface area contributed by atoms with Crippen LogP contribution in [-0.2, 0) is 6.54 Å². The van der Waals surface area contributed by atoms with Gasteiger partial charge >= 0.3 is 0 Å². The molecule has 8 nitrogen and oxygen atoms in total. The van der Waals surface area contributed by atoms with E-state index in [0.717, 1.165) is 16.8 Å². The third-order valence-corrected chi connectivity index (χ3v) is 4.33. The minimum Gasteiger partial charge on any atom is -0.294 e. The number of aryl methyl sites for hydroxylation is 1. The molecule has 0 aliphatic rings. The van der Waals surface area contributed by atoms with Crippen LogP contribution in [0.1, 0.15) is 11.1 Å². The highest BCUT2D eigenvalue weighted by Crippen LogP contribution is 2.15. The van der Waals surface area contributed by atoms with Gasteiger partial charge in [0.25, 0.3) is 11.2 Å². The maximum Gasteiger partial charge on any atom is 0.269 e. The summed E-state index contributed by atoms with van der Waals surface area (Å²) >= 11 is 0. The first-order chi connectivity index (χ1) is 13.0. The van der Waals surface area contributed by atoms with Gasteiger partial charge in [-0.15, -0.1) is 0 Å². The molecule has 134 valence electrons. The van der Waals surface area contributed by atoms with E-state index in [4.69, 9.17) is 0 Å². The van der Waals surface area contributed by atoms with Gasteiger partial charge in [0, 0.05) is 12.1 Å². The van der Waals surface area contributed by atoms with Gasteiger partial charge in [0.2, 0.25) is 0 Å². The number of nitrogens with zero attached hydrogens (tertiary/aromatic N) is 5. The van der Waals surface area contributed by atoms with Gasteiger partial charge in [0.1, 0.15) is 11.7 Å². The van der Waals surface area contributed by atoms with Crippen molar-refractivity contribution in [3.05, 3.63) is 92.7 Å². The summed E-state index contributed by atoms with van der Waals surface area (Å²) in [6, 6.07) is 13.9. The van der Waals surface area contributed by atoms with Gasteiger partial charge < -0.3 is 0 Å². The second-order valence-electron chi connectivity index (χ2n) is 6.23. The molecule has 0 amide bonds. The van der Waals surface area contributed by atoms with Crippen molar-refractivity contribution in [2.24, 2.45) is 0 Å². The average Bonchev–Trinajstić information content (AvgIpc) is 3.10. The van der Waals surface area contributed by atoms with Gasteiger partial charge in [-0.05, 0) is 24.6 Å². The summed E-state index contributed by atoms with van der Waals surface area (Å²) in [6.45, 7) is 2.27. The van der Waals surface area contributed by atoms with E-state index in [2.05, 4.69) is 10.1 Å². The first-order valence-electron chi connectivity index (χ1n) is 8.26. The Balaban J connectivity index is 1.70. The maximum absolute atomic E-state index is 12.8. The summed E-state index contributed by atoms with van der Waals surface area (Å²) in [5.41, 5.74) is 3.03. The lowest BCUT2D eigenvalue weighted by Gasteiger charge is -2.07. The molecule has 0 spiro atoms. The normalized spacial score (nSPS) is 11.0. The van der Waals surface area contributed by atoms with Gasteiger partial charge in [-0.1, -0.05) is 29.8 Å². The standard InChI is InChI=1S/C19H15N5O3/c1-13-2-6-15(7-3-13)23-18-17(10-21-23)19(25)22(12-20-18)11-14-4-8-16(9-5-14)24(26)27/h2-10,12H,11H2,1H3. The Morgan fingerprint density at radius 2 is 1.78 bits per heavy atom. The van der Waals surface area contributed by atoms with Gasteiger partial charge in [0.15, 0.2) is 5.65 Å². The first-order valence-corrected chi connectivity index (χ1v) is 8.26. The molecule has 0 bridgehead atoms. The molecule has 2 aromatic carbocycles. The summed E-state index contributed by atoms with van der Waals surface area (Å²) in [5, 5.41) is 15.5. The van der Waals surface area contributed by atoms with Gasteiger partial charge in [-0.3, -0.25) is 19.5 Å². The summed E-state index contributed by atoms with van der Waals surface area (Å²) in [6.07, 6.45) is 2.98. The lowest BCUT2D eigenvalue weighted by molar-refractivity contribution is -0.384. The largest absolute Gasteiger partial charge is 0.294 e. The van der Waals surface area contributed by atoms with Crippen LogP contribution in [0.15, 0.2) is 65.8 Å². The number of rotatable bonds is 4. The van der Waals surface area contributed by atoms with E-state index in [-0.39, 0.29) is 17.8 Å². The number of benzene rings is 2. The maximum atomic E-state index is 12.8. The predicted octanol–water partition coefficient (Wildman–Crippen LogP) is 2.85. The molecule has 0 aliphatic heterocycles. The zero-order valence-corrected chi connectivity index (χ0v) is 14.4. The third kappa shape index (κ3) is 3.08. The van der Waals surface area contributed by atoms with Crippen molar-refractivity contribution in [3.63, 3.8) is 0 Å². The van der Waals surface area contributed by atoms with E-state index in [1.807, 2.05) is 31.2 Å². The van der Waals surface area contributed by atoms with E-state index in [1.165, 1.54) is 29.2 Å². The van der Waals surface area contributed by atoms with Gasteiger partial charge in [-0.2, -0.15) is 5.10 Å². The van der Waals surface area contributed by atoms with Crippen LogP contribution >= 0.6 is 0 Å². The van der Waals surface area contributed by atoms with E-state index < -0.39 is 4.92 Å². The number of nitro groups is 1. The molecule has 0 saturated carbocycles. The Morgan fingerprint density at radius 3 is 2.44 bits per heavy atom. The Kier molecular flexibility index (Phi) is 4.00. The van der Waals surface area contributed by atoms with Crippen LogP contribution < -0.4 is 5.56 Å². The quantitative estimate of drug-likeness (QED) is 0.411. The molecule has 0 radical (unpaired) electrons.